The number of fused-ring (bicyclic) bond motifs is 1. The lowest BCUT2D eigenvalue weighted by atomic mass is 9.81. The minimum Gasteiger partial charge on any atom is -0.342 e. The lowest BCUT2D eigenvalue weighted by molar-refractivity contribution is -0.454. The molecule has 1 aliphatic carbocycles. The van der Waals surface area contributed by atoms with E-state index in [9.17, 15) is 14.4 Å². The van der Waals surface area contributed by atoms with Crippen molar-refractivity contribution in [1.29, 1.82) is 0 Å². The van der Waals surface area contributed by atoms with Gasteiger partial charge >= 0.3 is 11.9 Å². The fourth-order valence-corrected chi connectivity index (χ4v) is 6.73. The van der Waals surface area contributed by atoms with Gasteiger partial charge in [0.25, 0.3) is 0 Å². The summed E-state index contributed by atoms with van der Waals surface area (Å²) in [5.41, 5.74) is 4.22. The summed E-state index contributed by atoms with van der Waals surface area (Å²) in [6, 6.07) is 6.09. The largest absolute Gasteiger partial charge is 0.501 e. The van der Waals surface area contributed by atoms with Gasteiger partial charge < -0.3 is 4.90 Å². The number of rotatable bonds is 5. The molecule has 34 heavy (non-hydrogen) atoms. The molecule has 1 atom stereocenters. The van der Waals surface area contributed by atoms with Crippen molar-refractivity contribution in [2.45, 2.75) is 64.2 Å². The molecule has 3 aliphatic heterocycles. The molecule has 0 bridgehead atoms. The summed E-state index contributed by atoms with van der Waals surface area (Å²) in [6.07, 6.45) is 7.66. The Labute approximate surface area is 206 Å². The molecule has 1 unspecified atom stereocenters. The first-order valence-electron chi connectivity index (χ1n) is 12.6. The van der Waals surface area contributed by atoms with Crippen LogP contribution in [0.15, 0.2) is 29.7 Å². The van der Waals surface area contributed by atoms with Gasteiger partial charge in [-0.2, -0.15) is 14.3 Å². The molecule has 3 heterocycles. The highest BCUT2D eigenvalue weighted by molar-refractivity contribution is 8.04. The summed E-state index contributed by atoms with van der Waals surface area (Å²) in [7, 11) is 0. The lowest BCUT2D eigenvalue weighted by Crippen LogP contribution is -2.56. The van der Waals surface area contributed by atoms with E-state index in [1.54, 1.807) is 4.58 Å². The zero-order chi connectivity index (χ0) is 23.8. The van der Waals surface area contributed by atoms with Crippen molar-refractivity contribution in [3.05, 3.63) is 46.4 Å². The van der Waals surface area contributed by atoms with Crippen LogP contribution in [0.2, 0.25) is 0 Å². The van der Waals surface area contributed by atoms with Crippen LogP contribution < -0.4 is 0 Å². The van der Waals surface area contributed by atoms with E-state index < -0.39 is 0 Å². The number of likely N-dealkylation sites (tertiary alicyclic amines) is 1. The van der Waals surface area contributed by atoms with Crippen LogP contribution in [-0.2, 0) is 16.1 Å². The molecular weight excluding hydrogens is 446 g/mol. The van der Waals surface area contributed by atoms with Crippen molar-refractivity contribution in [2.24, 2.45) is 11.8 Å². The van der Waals surface area contributed by atoms with E-state index in [0.717, 1.165) is 74.0 Å². The van der Waals surface area contributed by atoms with Gasteiger partial charge in [-0.15, -0.1) is 11.8 Å². The van der Waals surface area contributed by atoms with Gasteiger partial charge in [0.05, 0.1) is 0 Å². The number of hydrogen-bond acceptors (Lipinski definition) is 4. The average molecular weight is 481 g/mol. The first kappa shape index (κ1) is 23.3. The second-order valence-electron chi connectivity index (χ2n) is 10.2. The van der Waals surface area contributed by atoms with Crippen LogP contribution >= 0.6 is 11.8 Å². The summed E-state index contributed by atoms with van der Waals surface area (Å²) < 4.78 is 1.80. The second-order valence-corrected chi connectivity index (χ2v) is 11.3. The molecule has 0 radical (unpaired) electrons. The van der Waals surface area contributed by atoms with Crippen molar-refractivity contribution < 1.29 is 19.0 Å². The summed E-state index contributed by atoms with van der Waals surface area (Å²) in [6.45, 7) is 6.85. The van der Waals surface area contributed by atoms with Crippen molar-refractivity contribution in [1.82, 2.24) is 9.80 Å². The highest BCUT2D eigenvalue weighted by Gasteiger charge is 2.50. The molecule has 1 saturated heterocycles. The van der Waals surface area contributed by atoms with E-state index in [0.29, 0.717) is 19.0 Å². The number of thioether (sulfide) groups is 1. The number of benzene rings is 1. The van der Waals surface area contributed by atoms with Crippen molar-refractivity contribution in [3.63, 3.8) is 0 Å². The van der Waals surface area contributed by atoms with Crippen molar-refractivity contribution >= 4 is 35.3 Å². The van der Waals surface area contributed by atoms with E-state index in [2.05, 4.69) is 32.0 Å². The van der Waals surface area contributed by atoms with Crippen LogP contribution in [0.4, 0.5) is 4.79 Å². The maximum atomic E-state index is 13.6. The highest BCUT2D eigenvalue weighted by Crippen LogP contribution is 2.34. The van der Waals surface area contributed by atoms with Crippen LogP contribution in [0.25, 0.3) is 0 Å². The van der Waals surface area contributed by atoms with E-state index in [-0.39, 0.29) is 29.0 Å². The molecule has 1 aromatic rings. The number of nitrogens with zero attached hydrogens (tertiary/aromatic N) is 3. The molecule has 5 rings (SSSR count). The Kier molecular flexibility index (Phi) is 6.65. The lowest BCUT2D eigenvalue weighted by Gasteiger charge is -2.32. The topological polar surface area (TPSA) is 60.7 Å². The van der Waals surface area contributed by atoms with Crippen LogP contribution in [-0.4, -0.2) is 62.8 Å². The Morgan fingerprint density at radius 3 is 2.56 bits per heavy atom. The Hall–Kier alpha value is -2.41. The van der Waals surface area contributed by atoms with E-state index in [1.165, 1.54) is 16.7 Å². The fraction of sp³-hybridized carbons (Fsp3) is 0.556. The van der Waals surface area contributed by atoms with Crippen LogP contribution in [0.3, 0.4) is 0 Å². The maximum absolute atomic E-state index is 13.6. The molecule has 7 heteroatoms. The zero-order valence-corrected chi connectivity index (χ0v) is 21.0. The number of amides is 4. The molecule has 6 nitrogen and oxygen atoms in total. The molecule has 1 saturated carbocycles. The van der Waals surface area contributed by atoms with E-state index in [4.69, 9.17) is 0 Å². The molecule has 180 valence electrons. The number of carbonyl (C=O) groups is 3. The van der Waals surface area contributed by atoms with Crippen LogP contribution in [0.1, 0.15) is 55.2 Å². The number of hydrogen-bond donors (Lipinski definition) is 0. The predicted molar refractivity (Wildman–Crippen MR) is 134 cm³/mol. The minimum atomic E-state index is -0.337. The summed E-state index contributed by atoms with van der Waals surface area (Å²) in [5.74, 6) is 0.590. The van der Waals surface area contributed by atoms with Gasteiger partial charge in [0.2, 0.25) is 5.91 Å². The molecule has 0 aromatic heterocycles. The maximum Gasteiger partial charge on any atom is 0.501 e. The van der Waals surface area contributed by atoms with Gasteiger partial charge in [0.15, 0.2) is 5.25 Å². The van der Waals surface area contributed by atoms with Gasteiger partial charge in [0, 0.05) is 19.0 Å². The first-order valence-corrected chi connectivity index (χ1v) is 13.5. The first-order chi connectivity index (χ1) is 16.4. The number of allylic oxidation sites excluding steroid dienone is 1. The fourth-order valence-electron chi connectivity index (χ4n) is 5.77. The van der Waals surface area contributed by atoms with Gasteiger partial charge in [-0.05, 0) is 80.9 Å². The quantitative estimate of drug-likeness (QED) is 0.591. The Balaban J connectivity index is 1.29. The summed E-state index contributed by atoms with van der Waals surface area (Å²) >= 11 is 1.49. The molecule has 1 aromatic carbocycles. The third kappa shape index (κ3) is 4.47. The third-order valence-electron chi connectivity index (χ3n) is 7.87. The molecule has 0 spiro atoms. The van der Waals surface area contributed by atoms with Crippen LogP contribution in [0, 0.1) is 25.7 Å². The zero-order valence-electron chi connectivity index (χ0n) is 20.2. The standard InChI is InChI=1S/C27H34N3O3S/c1-18-5-6-19(2)22(15-18)17-29-23-11-14-34-24(23)26(32)30(27(29)33)16-20-7-9-21(10-8-20)25(31)28-12-3-4-13-28/h5-6,11,14-15,20-21,24H,3-4,7-10,12-13,16-17H2,1-2H3/q+1. The Morgan fingerprint density at radius 2 is 1.82 bits per heavy atom. The molecular formula is C27H34N3O3S+. The van der Waals surface area contributed by atoms with Gasteiger partial charge in [0.1, 0.15) is 18.8 Å². The van der Waals surface area contributed by atoms with Crippen LogP contribution in [0.5, 0.6) is 0 Å². The molecule has 0 N–H and O–H groups in total. The second kappa shape index (κ2) is 9.68. The number of aryl methyl sites for hydroxylation is 2. The van der Waals surface area contributed by atoms with Crippen molar-refractivity contribution in [3.8, 4) is 0 Å². The Morgan fingerprint density at radius 1 is 1.09 bits per heavy atom. The summed E-state index contributed by atoms with van der Waals surface area (Å²) in [4.78, 5) is 43.2. The number of carbonyl (C=O) groups excluding carboxylic acids is 3. The smallest absolute Gasteiger partial charge is 0.342 e. The predicted octanol–water partition coefficient (Wildman–Crippen LogP) is 4.28. The Bertz CT molecular complexity index is 1060. The summed E-state index contributed by atoms with van der Waals surface area (Å²) in [5, 5.41) is 1.59. The molecule has 2 fully saturated rings. The third-order valence-corrected chi connectivity index (χ3v) is 8.88. The minimum absolute atomic E-state index is 0.0949. The number of imide groups is 1. The van der Waals surface area contributed by atoms with E-state index in [1.807, 2.05) is 16.4 Å². The average Bonchev–Trinajstić information content (AvgIpc) is 3.54. The van der Waals surface area contributed by atoms with Gasteiger partial charge in [-0.1, -0.05) is 23.8 Å². The van der Waals surface area contributed by atoms with E-state index >= 15 is 0 Å². The van der Waals surface area contributed by atoms with Crippen molar-refractivity contribution in [2.75, 3.05) is 19.6 Å². The molecule has 4 aliphatic rings. The highest BCUT2D eigenvalue weighted by atomic mass is 32.2. The van der Waals surface area contributed by atoms with Gasteiger partial charge in [-0.25, -0.2) is 4.79 Å². The number of urea groups is 1. The monoisotopic (exact) mass is 480 g/mol. The SMILES string of the molecule is Cc1ccc(C)c(C[N+]2=C3C=CSC3C(=O)N(CC3CCC(C(=O)N4CCCC4)CC3)C2=O)c1. The van der Waals surface area contributed by atoms with Gasteiger partial charge in [-0.3, -0.25) is 4.79 Å². The normalized spacial score (nSPS) is 27.1. The molecule has 4 amide bonds.